The van der Waals surface area contributed by atoms with Gasteiger partial charge in [0.05, 0.1) is 12.5 Å². The Balaban J connectivity index is 1.70. The molecule has 4 rings (SSSR count). The lowest BCUT2D eigenvalue weighted by Gasteiger charge is -2.09. The van der Waals surface area contributed by atoms with Crippen LogP contribution < -0.4 is 4.74 Å². The average molecular weight is 386 g/mol. The molecule has 0 aliphatic rings. The number of fused-ring (bicyclic) bond motifs is 1. The lowest BCUT2D eigenvalue weighted by atomic mass is 10.0. The summed E-state index contributed by atoms with van der Waals surface area (Å²) in [5.74, 6) is 0.473. The third-order valence-corrected chi connectivity index (χ3v) is 4.89. The maximum absolute atomic E-state index is 12.3. The summed E-state index contributed by atoms with van der Waals surface area (Å²) in [6, 6.07) is 25.8. The molecule has 0 saturated carbocycles. The van der Waals surface area contributed by atoms with E-state index >= 15 is 0 Å². The monoisotopic (exact) mass is 386 g/mol. The van der Waals surface area contributed by atoms with Crippen LogP contribution in [0.4, 0.5) is 0 Å². The molecular formula is C25H22O4. The fourth-order valence-corrected chi connectivity index (χ4v) is 3.44. The minimum absolute atomic E-state index is 0.245. The average Bonchev–Trinajstić information content (AvgIpc) is 3.16. The Morgan fingerprint density at radius 2 is 1.52 bits per heavy atom. The molecular weight excluding hydrogens is 364 g/mol. The molecule has 29 heavy (non-hydrogen) atoms. The van der Waals surface area contributed by atoms with E-state index in [4.69, 9.17) is 13.9 Å². The van der Waals surface area contributed by atoms with Gasteiger partial charge in [-0.1, -0.05) is 66.7 Å². The van der Waals surface area contributed by atoms with E-state index < -0.39 is 5.97 Å². The van der Waals surface area contributed by atoms with Crippen molar-refractivity contribution in [3.63, 3.8) is 0 Å². The molecule has 0 unspecified atom stereocenters. The second-order valence-electron chi connectivity index (χ2n) is 6.79. The summed E-state index contributed by atoms with van der Waals surface area (Å²) in [6.45, 7) is 0.441. The Kier molecular flexibility index (Phi) is 5.61. The largest absolute Gasteiger partial charge is 0.488 e. The lowest BCUT2D eigenvalue weighted by Crippen LogP contribution is -2.04. The lowest BCUT2D eigenvalue weighted by molar-refractivity contribution is 0.0566. The van der Waals surface area contributed by atoms with Gasteiger partial charge in [0.2, 0.25) is 5.76 Å². The zero-order valence-corrected chi connectivity index (χ0v) is 16.3. The first-order valence-electron chi connectivity index (χ1n) is 9.59. The highest BCUT2D eigenvalue weighted by atomic mass is 16.5. The fourth-order valence-electron chi connectivity index (χ4n) is 3.44. The number of benzene rings is 3. The zero-order valence-electron chi connectivity index (χ0n) is 16.3. The van der Waals surface area contributed by atoms with E-state index in [1.807, 2.05) is 66.7 Å². The number of hydrogen-bond acceptors (Lipinski definition) is 4. The van der Waals surface area contributed by atoms with Crippen molar-refractivity contribution in [3.8, 4) is 5.75 Å². The van der Waals surface area contributed by atoms with E-state index in [1.165, 1.54) is 12.7 Å². The van der Waals surface area contributed by atoms with Gasteiger partial charge < -0.3 is 13.9 Å². The summed E-state index contributed by atoms with van der Waals surface area (Å²) in [5.41, 5.74) is 3.71. The number of rotatable bonds is 7. The predicted octanol–water partition coefficient (Wildman–Crippen LogP) is 5.58. The quantitative estimate of drug-likeness (QED) is 0.389. The Morgan fingerprint density at radius 1 is 0.828 bits per heavy atom. The van der Waals surface area contributed by atoms with Crippen LogP contribution in [-0.2, 0) is 24.2 Å². The first kappa shape index (κ1) is 18.8. The van der Waals surface area contributed by atoms with Crippen molar-refractivity contribution in [2.24, 2.45) is 0 Å². The highest BCUT2D eigenvalue weighted by molar-refractivity contribution is 5.98. The van der Waals surface area contributed by atoms with Crippen molar-refractivity contribution in [3.05, 3.63) is 101 Å². The van der Waals surface area contributed by atoms with Gasteiger partial charge in [-0.25, -0.2) is 4.79 Å². The Labute approximate surface area is 169 Å². The van der Waals surface area contributed by atoms with Gasteiger partial charge in [-0.05, 0) is 36.1 Å². The van der Waals surface area contributed by atoms with E-state index in [2.05, 4.69) is 12.1 Å². The number of aryl methyl sites for hydroxylation is 2. The highest BCUT2D eigenvalue weighted by Gasteiger charge is 2.23. The number of methoxy groups -OCH3 is 1. The molecule has 3 aromatic carbocycles. The number of carbonyl (C=O) groups excluding carboxylic acids is 1. The molecule has 0 saturated heterocycles. The molecule has 4 aromatic rings. The summed E-state index contributed by atoms with van der Waals surface area (Å²) in [7, 11) is 1.36. The maximum Gasteiger partial charge on any atom is 0.374 e. The molecule has 0 amide bonds. The van der Waals surface area contributed by atoms with Gasteiger partial charge in [0.1, 0.15) is 17.9 Å². The molecule has 0 bridgehead atoms. The molecule has 4 heteroatoms. The third kappa shape index (κ3) is 4.16. The molecule has 1 aromatic heterocycles. The van der Waals surface area contributed by atoms with Crippen LogP contribution in [0.1, 0.15) is 27.2 Å². The predicted molar refractivity (Wildman–Crippen MR) is 112 cm³/mol. The molecule has 0 aliphatic heterocycles. The summed E-state index contributed by atoms with van der Waals surface area (Å²) < 4.78 is 16.9. The number of esters is 1. The number of hydrogen-bond donors (Lipinski definition) is 0. The number of carbonyl (C=O) groups is 1. The van der Waals surface area contributed by atoms with Gasteiger partial charge in [0.25, 0.3) is 0 Å². The molecule has 0 aliphatic carbocycles. The van der Waals surface area contributed by atoms with Crippen LogP contribution in [0.3, 0.4) is 0 Å². The minimum atomic E-state index is -0.474. The van der Waals surface area contributed by atoms with Crippen LogP contribution >= 0.6 is 0 Å². The van der Waals surface area contributed by atoms with Crippen molar-refractivity contribution in [1.82, 2.24) is 0 Å². The van der Waals surface area contributed by atoms with Gasteiger partial charge in [-0.15, -0.1) is 0 Å². The Hall–Kier alpha value is -3.53. The first-order chi connectivity index (χ1) is 14.3. The molecule has 4 nitrogen and oxygen atoms in total. The van der Waals surface area contributed by atoms with Gasteiger partial charge in [-0.3, -0.25) is 0 Å². The first-order valence-corrected chi connectivity index (χ1v) is 9.59. The minimum Gasteiger partial charge on any atom is -0.488 e. The number of furan rings is 1. The summed E-state index contributed by atoms with van der Waals surface area (Å²) >= 11 is 0. The van der Waals surface area contributed by atoms with Crippen molar-refractivity contribution >= 4 is 16.9 Å². The maximum atomic E-state index is 12.3. The van der Waals surface area contributed by atoms with Gasteiger partial charge in [0, 0.05) is 5.56 Å². The molecule has 0 radical (unpaired) electrons. The second kappa shape index (κ2) is 8.65. The molecule has 1 heterocycles. The number of ether oxygens (including phenoxy) is 2. The third-order valence-electron chi connectivity index (χ3n) is 4.89. The normalized spacial score (nSPS) is 10.8. The van der Waals surface area contributed by atoms with Crippen LogP contribution in [0, 0.1) is 0 Å². The van der Waals surface area contributed by atoms with Crippen molar-refractivity contribution in [1.29, 1.82) is 0 Å². The van der Waals surface area contributed by atoms with Crippen molar-refractivity contribution < 1.29 is 18.7 Å². The molecule has 146 valence electrons. The second-order valence-corrected chi connectivity index (χ2v) is 6.79. The van der Waals surface area contributed by atoms with Gasteiger partial charge in [0.15, 0.2) is 0 Å². The van der Waals surface area contributed by atoms with Crippen LogP contribution in [0.5, 0.6) is 5.75 Å². The van der Waals surface area contributed by atoms with E-state index in [1.54, 1.807) is 0 Å². The van der Waals surface area contributed by atoms with E-state index in [9.17, 15) is 4.79 Å². The fraction of sp³-hybridized carbons (Fsp3) is 0.160. The standard InChI is InChI=1S/C25H22O4/c1-27-25(26)24-20(16-15-18-9-4-2-5-10-18)23-21(13-8-14-22(23)29-24)28-17-19-11-6-3-7-12-19/h2-14H,15-17H2,1H3. The topological polar surface area (TPSA) is 48.7 Å². The Morgan fingerprint density at radius 3 is 2.21 bits per heavy atom. The molecule has 0 N–H and O–H groups in total. The van der Waals surface area contributed by atoms with Crippen molar-refractivity contribution in [2.75, 3.05) is 7.11 Å². The summed E-state index contributed by atoms with van der Waals surface area (Å²) in [6.07, 6.45) is 1.43. The Bertz CT molecular complexity index is 1100. The molecule has 0 atom stereocenters. The zero-order chi connectivity index (χ0) is 20.1. The van der Waals surface area contributed by atoms with Crippen LogP contribution in [0.15, 0.2) is 83.3 Å². The van der Waals surface area contributed by atoms with E-state index in [-0.39, 0.29) is 5.76 Å². The SMILES string of the molecule is COC(=O)c1oc2cccc(OCc3ccccc3)c2c1CCc1ccccc1. The molecule has 0 fully saturated rings. The van der Waals surface area contributed by atoms with Crippen molar-refractivity contribution in [2.45, 2.75) is 19.4 Å². The summed E-state index contributed by atoms with van der Waals surface area (Å²) in [4.78, 5) is 12.3. The molecule has 0 spiro atoms. The highest BCUT2D eigenvalue weighted by Crippen LogP contribution is 2.35. The van der Waals surface area contributed by atoms with Crippen LogP contribution in [0.2, 0.25) is 0 Å². The van der Waals surface area contributed by atoms with Crippen LogP contribution in [0.25, 0.3) is 11.0 Å². The van der Waals surface area contributed by atoms with E-state index in [0.29, 0.717) is 24.4 Å². The van der Waals surface area contributed by atoms with E-state index in [0.717, 1.165) is 22.9 Å². The van der Waals surface area contributed by atoms with Gasteiger partial charge in [-0.2, -0.15) is 0 Å². The summed E-state index contributed by atoms with van der Waals surface area (Å²) in [5, 5.41) is 0.833. The van der Waals surface area contributed by atoms with Gasteiger partial charge >= 0.3 is 5.97 Å². The van der Waals surface area contributed by atoms with Crippen LogP contribution in [-0.4, -0.2) is 13.1 Å². The smallest absolute Gasteiger partial charge is 0.374 e.